The molecule has 1 rings (SSSR count). The Kier molecular flexibility index (Phi) is 4.28. The van der Waals surface area contributed by atoms with Crippen molar-refractivity contribution in [3.8, 4) is 0 Å². The number of likely N-dealkylation sites (N-methyl/N-ethyl adjacent to an activating group) is 1. The third kappa shape index (κ3) is 3.07. The molecule has 0 aliphatic carbocycles. The summed E-state index contributed by atoms with van der Waals surface area (Å²) in [5.74, 6) is -0.555. The van der Waals surface area contributed by atoms with Crippen molar-refractivity contribution in [2.75, 3.05) is 18.0 Å². The molecule has 1 aromatic rings. The maximum absolute atomic E-state index is 10.9. The van der Waals surface area contributed by atoms with Crippen LogP contribution in [0.3, 0.4) is 0 Å². The zero-order valence-corrected chi connectivity index (χ0v) is 9.98. The number of nitrogens with zero attached hydrogens (tertiary/aromatic N) is 2. The van der Waals surface area contributed by atoms with Crippen LogP contribution in [0.4, 0.5) is 11.4 Å². The second-order valence-electron chi connectivity index (χ2n) is 3.35. The molecule has 0 fully saturated rings. The number of hydrogen-bond donors (Lipinski definition) is 1. The van der Waals surface area contributed by atoms with E-state index in [9.17, 15) is 14.9 Å². The predicted octanol–water partition coefficient (Wildman–Crippen LogP) is 1.56. The Morgan fingerprint density at radius 2 is 2.24 bits per heavy atom. The van der Waals surface area contributed by atoms with Crippen LogP contribution in [0.15, 0.2) is 18.2 Å². The van der Waals surface area contributed by atoms with Gasteiger partial charge in [-0.15, -0.1) is 0 Å². The number of carbonyl (C=O) groups excluding carboxylic acids is 1. The molecule has 0 saturated heterocycles. The zero-order valence-electron chi connectivity index (χ0n) is 9.22. The van der Waals surface area contributed by atoms with Gasteiger partial charge in [0, 0.05) is 6.54 Å². The van der Waals surface area contributed by atoms with E-state index in [-0.39, 0.29) is 17.3 Å². The van der Waals surface area contributed by atoms with E-state index < -0.39 is 10.8 Å². The number of rotatable bonds is 5. The number of nitro benzene ring substituents is 1. The van der Waals surface area contributed by atoms with Gasteiger partial charge in [0.2, 0.25) is 5.91 Å². The zero-order chi connectivity index (χ0) is 13.0. The van der Waals surface area contributed by atoms with Crippen molar-refractivity contribution in [1.82, 2.24) is 0 Å². The van der Waals surface area contributed by atoms with Crippen molar-refractivity contribution >= 4 is 28.9 Å². The summed E-state index contributed by atoms with van der Waals surface area (Å²) < 4.78 is 0. The van der Waals surface area contributed by atoms with Crippen LogP contribution in [-0.2, 0) is 4.79 Å². The first kappa shape index (κ1) is 13.2. The molecule has 0 aromatic heterocycles. The molecule has 6 nitrogen and oxygen atoms in total. The SMILES string of the molecule is CCN(CC(N)=O)c1cccc(Cl)c1[N+](=O)[O-]. The van der Waals surface area contributed by atoms with Gasteiger partial charge in [-0.25, -0.2) is 0 Å². The normalized spacial score (nSPS) is 10.0. The number of hydrogen-bond acceptors (Lipinski definition) is 4. The van der Waals surface area contributed by atoms with E-state index in [0.717, 1.165) is 0 Å². The van der Waals surface area contributed by atoms with E-state index in [1.807, 2.05) is 0 Å². The first-order chi connectivity index (χ1) is 7.97. The molecule has 0 heterocycles. The fourth-order valence-corrected chi connectivity index (χ4v) is 1.73. The van der Waals surface area contributed by atoms with Crippen LogP contribution in [0.1, 0.15) is 6.92 Å². The third-order valence-electron chi connectivity index (χ3n) is 2.22. The maximum Gasteiger partial charge on any atom is 0.310 e. The van der Waals surface area contributed by atoms with Gasteiger partial charge in [0.15, 0.2) is 0 Å². The maximum atomic E-state index is 10.9. The van der Waals surface area contributed by atoms with Gasteiger partial charge in [-0.2, -0.15) is 0 Å². The Hall–Kier alpha value is -1.82. The molecule has 0 spiro atoms. The van der Waals surface area contributed by atoms with Gasteiger partial charge in [0.25, 0.3) is 0 Å². The van der Waals surface area contributed by atoms with Crippen molar-refractivity contribution in [1.29, 1.82) is 0 Å². The van der Waals surface area contributed by atoms with Crippen molar-refractivity contribution in [2.24, 2.45) is 5.73 Å². The lowest BCUT2D eigenvalue weighted by atomic mass is 10.2. The third-order valence-corrected chi connectivity index (χ3v) is 2.52. The van der Waals surface area contributed by atoms with Crippen molar-refractivity contribution in [3.63, 3.8) is 0 Å². The van der Waals surface area contributed by atoms with E-state index in [1.165, 1.54) is 17.0 Å². The van der Waals surface area contributed by atoms with E-state index in [0.29, 0.717) is 12.2 Å². The van der Waals surface area contributed by atoms with E-state index in [4.69, 9.17) is 17.3 Å². The fourth-order valence-electron chi connectivity index (χ4n) is 1.50. The minimum atomic E-state index is -0.568. The van der Waals surface area contributed by atoms with Crippen LogP contribution in [0.2, 0.25) is 5.02 Å². The Morgan fingerprint density at radius 3 is 2.71 bits per heavy atom. The Bertz CT molecular complexity index is 450. The molecular formula is C10H12ClN3O3. The number of benzene rings is 1. The number of anilines is 1. The Balaban J connectivity index is 3.23. The summed E-state index contributed by atoms with van der Waals surface area (Å²) in [5, 5.41) is 11.0. The van der Waals surface area contributed by atoms with Crippen LogP contribution in [0.25, 0.3) is 0 Å². The number of primary amides is 1. The quantitative estimate of drug-likeness (QED) is 0.640. The molecule has 2 N–H and O–H groups in total. The second kappa shape index (κ2) is 5.49. The lowest BCUT2D eigenvalue weighted by molar-refractivity contribution is -0.384. The highest BCUT2D eigenvalue weighted by atomic mass is 35.5. The molecule has 7 heteroatoms. The summed E-state index contributed by atoms with van der Waals surface area (Å²) in [5.41, 5.74) is 5.17. The van der Waals surface area contributed by atoms with Gasteiger partial charge in [-0.1, -0.05) is 17.7 Å². The molecule has 1 aromatic carbocycles. The number of para-hydroxylation sites is 1. The fraction of sp³-hybridized carbons (Fsp3) is 0.300. The molecule has 0 unspecified atom stereocenters. The Labute approximate surface area is 103 Å². The first-order valence-corrected chi connectivity index (χ1v) is 5.31. The summed E-state index contributed by atoms with van der Waals surface area (Å²) >= 11 is 5.78. The average Bonchev–Trinajstić information content (AvgIpc) is 2.24. The molecule has 0 atom stereocenters. The molecular weight excluding hydrogens is 246 g/mol. The molecule has 0 aliphatic rings. The molecule has 0 radical (unpaired) electrons. The van der Waals surface area contributed by atoms with Crippen LogP contribution in [0, 0.1) is 10.1 Å². The van der Waals surface area contributed by atoms with Crippen LogP contribution >= 0.6 is 11.6 Å². The summed E-state index contributed by atoms with van der Waals surface area (Å²) in [6.07, 6.45) is 0. The molecule has 17 heavy (non-hydrogen) atoms. The number of carbonyl (C=O) groups is 1. The minimum absolute atomic E-state index is 0.0374. The van der Waals surface area contributed by atoms with Gasteiger partial charge in [0.05, 0.1) is 11.5 Å². The van der Waals surface area contributed by atoms with Crippen molar-refractivity contribution in [2.45, 2.75) is 6.92 Å². The molecule has 1 amide bonds. The standard InChI is InChI=1S/C10H12ClN3O3/c1-2-13(6-9(12)15)8-5-3-4-7(11)10(8)14(16)17/h3-5H,2,6H2,1H3,(H2,12,15). The van der Waals surface area contributed by atoms with Crippen molar-refractivity contribution in [3.05, 3.63) is 33.3 Å². The second-order valence-corrected chi connectivity index (χ2v) is 3.75. The number of nitrogens with two attached hydrogens (primary N) is 1. The van der Waals surface area contributed by atoms with Crippen molar-refractivity contribution < 1.29 is 9.72 Å². The molecule has 0 saturated carbocycles. The summed E-state index contributed by atoms with van der Waals surface area (Å²) in [6, 6.07) is 4.56. The first-order valence-electron chi connectivity index (χ1n) is 4.93. The van der Waals surface area contributed by atoms with E-state index in [1.54, 1.807) is 13.0 Å². The predicted molar refractivity (Wildman–Crippen MR) is 65.2 cm³/mol. The monoisotopic (exact) mass is 257 g/mol. The molecule has 0 aliphatic heterocycles. The Morgan fingerprint density at radius 1 is 1.59 bits per heavy atom. The smallest absolute Gasteiger partial charge is 0.310 e. The number of nitro groups is 1. The summed E-state index contributed by atoms with van der Waals surface area (Å²) in [7, 11) is 0. The van der Waals surface area contributed by atoms with Crippen LogP contribution < -0.4 is 10.6 Å². The highest BCUT2D eigenvalue weighted by Crippen LogP contribution is 2.34. The van der Waals surface area contributed by atoms with Crippen LogP contribution in [0.5, 0.6) is 0 Å². The van der Waals surface area contributed by atoms with Gasteiger partial charge in [-0.05, 0) is 19.1 Å². The minimum Gasteiger partial charge on any atom is -0.368 e. The lowest BCUT2D eigenvalue weighted by Gasteiger charge is -2.21. The van der Waals surface area contributed by atoms with Gasteiger partial charge in [-0.3, -0.25) is 14.9 Å². The highest BCUT2D eigenvalue weighted by Gasteiger charge is 2.22. The largest absolute Gasteiger partial charge is 0.368 e. The van der Waals surface area contributed by atoms with Crippen LogP contribution in [-0.4, -0.2) is 23.9 Å². The molecule has 0 bridgehead atoms. The summed E-state index contributed by atoms with van der Waals surface area (Å²) in [4.78, 5) is 22.8. The highest BCUT2D eigenvalue weighted by molar-refractivity contribution is 6.33. The lowest BCUT2D eigenvalue weighted by Crippen LogP contribution is -2.34. The van der Waals surface area contributed by atoms with Gasteiger partial charge >= 0.3 is 5.69 Å². The average molecular weight is 258 g/mol. The van der Waals surface area contributed by atoms with Gasteiger partial charge in [0.1, 0.15) is 10.7 Å². The topological polar surface area (TPSA) is 89.5 Å². The van der Waals surface area contributed by atoms with Gasteiger partial charge < -0.3 is 10.6 Å². The summed E-state index contributed by atoms with van der Waals surface area (Å²) in [6.45, 7) is 2.11. The molecule has 92 valence electrons. The van der Waals surface area contributed by atoms with E-state index >= 15 is 0 Å². The van der Waals surface area contributed by atoms with E-state index in [2.05, 4.69) is 0 Å². The number of amides is 1. The number of halogens is 1.